The number of benzene rings is 1. The van der Waals surface area contributed by atoms with Gasteiger partial charge in [-0.1, -0.05) is 30.0 Å². The summed E-state index contributed by atoms with van der Waals surface area (Å²) in [4.78, 5) is 24.8. The number of dihydropyridines is 1. The Kier molecular flexibility index (Phi) is 6.65. The highest BCUT2D eigenvalue weighted by atomic mass is 32.2. The average Bonchev–Trinajstić information content (AvgIpc) is 3.27. The van der Waals surface area contributed by atoms with E-state index in [4.69, 9.17) is 4.42 Å². The van der Waals surface area contributed by atoms with E-state index < -0.39 is 11.9 Å². The van der Waals surface area contributed by atoms with Gasteiger partial charge >= 0.3 is 5.97 Å². The van der Waals surface area contributed by atoms with Crippen LogP contribution in [-0.4, -0.2) is 24.7 Å². The van der Waals surface area contributed by atoms with E-state index in [0.29, 0.717) is 33.3 Å². The van der Waals surface area contributed by atoms with Gasteiger partial charge in [-0.15, -0.1) is 0 Å². The van der Waals surface area contributed by atoms with Gasteiger partial charge in [0.25, 0.3) is 5.91 Å². The molecule has 154 valence electrons. The Balaban J connectivity index is 2.00. The fraction of sp³-hybridized carbons (Fsp3) is 0.227. The van der Waals surface area contributed by atoms with Gasteiger partial charge < -0.3 is 19.8 Å². The van der Waals surface area contributed by atoms with E-state index in [1.807, 2.05) is 31.2 Å². The molecule has 2 aromatic rings. The van der Waals surface area contributed by atoms with Crippen LogP contribution in [-0.2, 0) is 14.3 Å². The highest BCUT2D eigenvalue weighted by molar-refractivity contribution is 8.03. The zero-order valence-electron chi connectivity index (χ0n) is 16.8. The second-order valence-electron chi connectivity index (χ2n) is 6.60. The van der Waals surface area contributed by atoms with Crippen molar-refractivity contribution in [1.82, 2.24) is 5.32 Å². The van der Waals surface area contributed by atoms with Gasteiger partial charge in [-0.25, -0.2) is 0 Å². The third kappa shape index (κ3) is 4.42. The number of allylic oxidation sites excluding steroid dienone is 2. The Morgan fingerprint density at radius 3 is 2.67 bits per heavy atom. The molecule has 0 saturated carbocycles. The Morgan fingerprint density at radius 1 is 1.27 bits per heavy atom. The predicted molar refractivity (Wildman–Crippen MR) is 114 cm³/mol. The van der Waals surface area contributed by atoms with E-state index in [0.717, 1.165) is 17.3 Å². The van der Waals surface area contributed by atoms with Gasteiger partial charge in [0.1, 0.15) is 5.76 Å². The fourth-order valence-corrected chi connectivity index (χ4v) is 4.08. The SMILES string of the molecule is COC(=O)CSC1=C(C#N)[C@@H](c2ccco2)C(C(=O)Nc2ccccc2C)=C(C)N1. The Hall–Kier alpha value is -3.44. The number of furan rings is 1. The quantitative estimate of drug-likeness (QED) is 0.681. The van der Waals surface area contributed by atoms with Crippen molar-refractivity contribution in [2.75, 3.05) is 18.2 Å². The molecule has 0 bridgehead atoms. The molecule has 1 aliphatic rings. The molecule has 8 heteroatoms. The number of hydrogen-bond donors (Lipinski definition) is 2. The summed E-state index contributed by atoms with van der Waals surface area (Å²) in [5, 5.41) is 16.4. The molecule has 1 atom stereocenters. The maximum absolute atomic E-state index is 13.3. The smallest absolute Gasteiger partial charge is 0.316 e. The molecule has 2 heterocycles. The molecule has 0 spiro atoms. The number of aryl methyl sites for hydroxylation is 1. The van der Waals surface area contributed by atoms with Crippen molar-refractivity contribution in [3.8, 4) is 6.07 Å². The van der Waals surface area contributed by atoms with Crippen molar-refractivity contribution >= 4 is 29.3 Å². The molecule has 30 heavy (non-hydrogen) atoms. The van der Waals surface area contributed by atoms with Crippen LogP contribution < -0.4 is 10.6 Å². The number of nitrogens with zero attached hydrogens (tertiary/aromatic N) is 1. The zero-order chi connectivity index (χ0) is 21.7. The van der Waals surface area contributed by atoms with Gasteiger partial charge in [-0.3, -0.25) is 9.59 Å². The molecular weight excluding hydrogens is 402 g/mol. The molecule has 1 aliphatic heterocycles. The first-order valence-electron chi connectivity index (χ1n) is 9.18. The third-order valence-corrected chi connectivity index (χ3v) is 5.67. The molecule has 1 amide bonds. The summed E-state index contributed by atoms with van der Waals surface area (Å²) in [6, 6.07) is 13.1. The Labute approximate surface area is 178 Å². The molecule has 7 nitrogen and oxygen atoms in total. The molecule has 3 rings (SSSR count). The first-order chi connectivity index (χ1) is 14.5. The van der Waals surface area contributed by atoms with Crippen LogP contribution in [0.25, 0.3) is 0 Å². The summed E-state index contributed by atoms with van der Waals surface area (Å²) in [7, 11) is 1.31. The maximum Gasteiger partial charge on any atom is 0.316 e. The van der Waals surface area contributed by atoms with Gasteiger partial charge in [0.15, 0.2) is 0 Å². The lowest BCUT2D eigenvalue weighted by atomic mass is 9.85. The van der Waals surface area contributed by atoms with Crippen LogP contribution in [0.4, 0.5) is 5.69 Å². The lowest BCUT2D eigenvalue weighted by Gasteiger charge is -2.28. The summed E-state index contributed by atoms with van der Waals surface area (Å²) in [6.45, 7) is 3.66. The van der Waals surface area contributed by atoms with Gasteiger partial charge in [0.2, 0.25) is 0 Å². The van der Waals surface area contributed by atoms with E-state index in [2.05, 4.69) is 21.4 Å². The van der Waals surface area contributed by atoms with Crippen LogP contribution in [0.15, 0.2) is 69.0 Å². The van der Waals surface area contributed by atoms with Gasteiger partial charge in [-0.05, 0) is 37.6 Å². The molecule has 1 aromatic heterocycles. The predicted octanol–water partition coefficient (Wildman–Crippen LogP) is 3.83. The van der Waals surface area contributed by atoms with E-state index in [1.165, 1.54) is 13.4 Å². The zero-order valence-corrected chi connectivity index (χ0v) is 17.6. The number of esters is 1. The monoisotopic (exact) mass is 423 g/mol. The number of para-hydroxylation sites is 1. The molecule has 0 saturated heterocycles. The first-order valence-corrected chi connectivity index (χ1v) is 10.2. The number of ether oxygens (including phenoxy) is 1. The van der Waals surface area contributed by atoms with Crippen LogP contribution in [0, 0.1) is 18.3 Å². The van der Waals surface area contributed by atoms with Crippen LogP contribution in [0.3, 0.4) is 0 Å². The number of rotatable bonds is 6. The molecule has 0 radical (unpaired) electrons. The van der Waals surface area contributed by atoms with Crippen molar-refractivity contribution in [3.05, 3.63) is 75.9 Å². The number of nitrogens with one attached hydrogen (secondary N) is 2. The van der Waals surface area contributed by atoms with Crippen LogP contribution >= 0.6 is 11.8 Å². The third-order valence-electron chi connectivity index (χ3n) is 4.68. The van der Waals surface area contributed by atoms with Crippen molar-refractivity contribution in [2.45, 2.75) is 19.8 Å². The number of hydrogen-bond acceptors (Lipinski definition) is 7. The van der Waals surface area contributed by atoms with Gasteiger partial charge in [-0.2, -0.15) is 5.26 Å². The molecular formula is C22H21N3O4S. The van der Waals surface area contributed by atoms with E-state index >= 15 is 0 Å². The molecule has 2 N–H and O–H groups in total. The lowest BCUT2D eigenvalue weighted by Crippen LogP contribution is -2.31. The number of carbonyl (C=O) groups excluding carboxylic acids is 2. The first kappa shape index (κ1) is 21.3. The number of amides is 1. The normalized spacial score (nSPS) is 16.0. The van der Waals surface area contributed by atoms with E-state index in [1.54, 1.807) is 19.1 Å². The Bertz CT molecular complexity index is 1060. The molecule has 0 aliphatic carbocycles. The number of methoxy groups -OCH3 is 1. The topological polar surface area (TPSA) is 104 Å². The van der Waals surface area contributed by atoms with E-state index in [9.17, 15) is 14.9 Å². The van der Waals surface area contributed by atoms with Crippen molar-refractivity contribution in [1.29, 1.82) is 5.26 Å². The second-order valence-corrected chi connectivity index (χ2v) is 7.59. The average molecular weight is 423 g/mol. The highest BCUT2D eigenvalue weighted by Crippen LogP contribution is 2.41. The molecule has 0 fully saturated rings. The van der Waals surface area contributed by atoms with Crippen LogP contribution in [0.2, 0.25) is 0 Å². The Morgan fingerprint density at radius 2 is 2.03 bits per heavy atom. The summed E-state index contributed by atoms with van der Waals surface area (Å²) < 4.78 is 10.3. The largest absolute Gasteiger partial charge is 0.468 e. The number of anilines is 1. The number of carbonyl (C=O) groups is 2. The van der Waals surface area contributed by atoms with Crippen LogP contribution in [0.5, 0.6) is 0 Å². The van der Waals surface area contributed by atoms with Crippen LogP contribution in [0.1, 0.15) is 24.2 Å². The summed E-state index contributed by atoms with van der Waals surface area (Å²) in [5.74, 6) is -0.937. The maximum atomic E-state index is 13.3. The minimum absolute atomic E-state index is 0.0346. The van der Waals surface area contributed by atoms with Gasteiger partial charge in [0, 0.05) is 11.4 Å². The highest BCUT2D eigenvalue weighted by Gasteiger charge is 2.36. The minimum atomic E-state index is -0.699. The van der Waals surface area contributed by atoms with Crippen molar-refractivity contribution in [3.63, 3.8) is 0 Å². The summed E-state index contributed by atoms with van der Waals surface area (Å²) in [5.41, 5.74) is 2.88. The standard InChI is InChI=1S/C22H21N3O4S/c1-13-7-4-5-8-16(13)25-21(27)19-14(2)24-22(30-12-18(26)28-3)15(11-23)20(19)17-9-6-10-29-17/h4-10,20,24H,12H2,1-3H3,(H,25,27)/t20-/m0/s1. The summed E-state index contributed by atoms with van der Waals surface area (Å²) >= 11 is 1.15. The molecule has 0 unspecified atom stereocenters. The van der Waals surface area contributed by atoms with E-state index in [-0.39, 0.29) is 11.7 Å². The number of thioether (sulfide) groups is 1. The number of nitriles is 1. The van der Waals surface area contributed by atoms with Gasteiger partial charge in [0.05, 0.1) is 47.3 Å². The summed E-state index contributed by atoms with van der Waals surface area (Å²) in [6.07, 6.45) is 1.50. The second kappa shape index (κ2) is 9.37. The lowest BCUT2D eigenvalue weighted by molar-refractivity contribution is -0.137. The van der Waals surface area contributed by atoms with Crippen molar-refractivity contribution < 1.29 is 18.7 Å². The van der Waals surface area contributed by atoms with Crippen molar-refractivity contribution in [2.24, 2.45) is 0 Å². The minimum Gasteiger partial charge on any atom is -0.468 e. The molecule has 1 aromatic carbocycles. The fourth-order valence-electron chi connectivity index (χ4n) is 3.16.